The summed E-state index contributed by atoms with van der Waals surface area (Å²) in [6.45, 7) is 0.304. The number of amides is 1. The maximum Gasteiger partial charge on any atom is 0.346 e. The zero-order valence-corrected chi connectivity index (χ0v) is 15.6. The van der Waals surface area contributed by atoms with Gasteiger partial charge in [0.15, 0.2) is 0 Å². The van der Waals surface area contributed by atoms with E-state index in [0.717, 1.165) is 11.1 Å². The number of nitrogens with two attached hydrogens (primary N) is 1. The Bertz CT molecular complexity index is 1140. The van der Waals surface area contributed by atoms with E-state index in [0.29, 0.717) is 18.7 Å². The Morgan fingerprint density at radius 1 is 1.07 bits per heavy atom. The molecule has 0 aliphatic carbocycles. The topological polar surface area (TPSA) is 135 Å². The number of carbonyl (C=O) groups excluding carboxylic acids is 1. The van der Waals surface area contributed by atoms with Gasteiger partial charge >= 0.3 is 5.69 Å². The molecule has 4 N–H and O–H groups in total. The number of hydrogen-bond donors (Lipinski definition) is 3. The minimum atomic E-state index is -3.73. The van der Waals surface area contributed by atoms with Gasteiger partial charge in [-0.3, -0.25) is 4.79 Å². The van der Waals surface area contributed by atoms with Crippen molar-refractivity contribution in [2.75, 3.05) is 6.54 Å². The first kappa shape index (κ1) is 19.5. The summed E-state index contributed by atoms with van der Waals surface area (Å²) >= 11 is 0. The Balaban J connectivity index is 1.65. The summed E-state index contributed by atoms with van der Waals surface area (Å²) in [5.74, 6) is -0.433. The summed E-state index contributed by atoms with van der Waals surface area (Å²) in [5.41, 5.74) is 1.49. The quantitative estimate of drug-likeness (QED) is 0.570. The largest absolute Gasteiger partial charge is 0.350 e. The lowest BCUT2D eigenvalue weighted by molar-refractivity contribution is 0.0948. The zero-order chi connectivity index (χ0) is 20.1. The molecule has 0 aliphatic heterocycles. The summed E-state index contributed by atoms with van der Waals surface area (Å²) < 4.78 is 22.5. The molecule has 0 unspecified atom stereocenters. The second kappa shape index (κ2) is 8.15. The predicted molar refractivity (Wildman–Crippen MR) is 104 cm³/mol. The lowest BCUT2D eigenvalue weighted by Gasteiger charge is -2.07. The first-order chi connectivity index (χ1) is 13.3. The van der Waals surface area contributed by atoms with Crippen molar-refractivity contribution in [1.82, 2.24) is 15.3 Å². The van der Waals surface area contributed by atoms with Gasteiger partial charge in [-0.05, 0) is 30.2 Å². The predicted octanol–water partition coefficient (Wildman–Crippen LogP) is 1.06. The molecule has 0 saturated carbocycles. The molecule has 0 radical (unpaired) electrons. The highest BCUT2D eigenvalue weighted by molar-refractivity contribution is 7.89. The fraction of sp³-hybridized carbons (Fsp3) is 0.105. The summed E-state index contributed by atoms with van der Waals surface area (Å²) in [6, 6.07) is 16.7. The Morgan fingerprint density at radius 2 is 1.75 bits per heavy atom. The van der Waals surface area contributed by atoms with Crippen LogP contribution in [-0.2, 0) is 16.4 Å². The van der Waals surface area contributed by atoms with E-state index >= 15 is 0 Å². The molecule has 0 spiro atoms. The molecule has 9 heteroatoms. The summed E-state index contributed by atoms with van der Waals surface area (Å²) in [4.78, 5) is 30.5. The normalized spacial score (nSPS) is 11.2. The van der Waals surface area contributed by atoms with Gasteiger partial charge < -0.3 is 10.3 Å². The van der Waals surface area contributed by atoms with Crippen LogP contribution < -0.4 is 16.1 Å². The average molecular weight is 398 g/mol. The van der Waals surface area contributed by atoms with Gasteiger partial charge in [-0.1, -0.05) is 42.5 Å². The number of primary sulfonamides is 1. The molecular formula is C19H18N4O4S. The lowest BCUT2D eigenvalue weighted by atomic mass is 10.1. The second-order valence-corrected chi connectivity index (χ2v) is 7.61. The average Bonchev–Trinajstić information content (AvgIpc) is 2.68. The molecule has 3 rings (SSSR count). The highest BCUT2D eigenvalue weighted by atomic mass is 32.2. The molecule has 8 nitrogen and oxygen atoms in total. The van der Waals surface area contributed by atoms with Crippen molar-refractivity contribution >= 4 is 15.9 Å². The monoisotopic (exact) mass is 398 g/mol. The van der Waals surface area contributed by atoms with Crippen LogP contribution in [-0.4, -0.2) is 30.8 Å². The molecule has 28 heavy (non-hydrogen) atoms. The van der Waals surface area contributed by atoms with E-state index in [9.17, 15) is 18.0 Å². The molecule has 3 aromatic rings. The third-order valence-electron chi connectivity index (χ3n) is 4.01. The van der Waals surface area contributed by atoms with E-state index in [2.05, 4.69) is 15.3 Å². The van der Waals surface area contributed by atoms with E-state index in [1.54, 1.807) is 24.3 Å². The number of aromatic nitrogens is 2. The fourth-order valence-electron chi connectivity index (χ4n) is 2.60. The van der Waals surface area contributed by atoms with Gasteiger partial charge in [0.05, 0.1) is 10.6 Å². The van der Waals surface area contributed by atoms with Crippen LogP contribution in [0.3, 0.4) is 0 Å². The molecule has 0 fully saturated rings. The first-order valence-corrected chi connectivity index (χ1v) is 9.94. The summed E-state index contributed by atoms with van der Waals surface area (Å²) in [6.07, 6.45) is 0.484. The van der Waals surface area contributed by atoms with E-state index < -0.39 is 21.6 Å². The minimum absolute atomic E-state index is 0.0306. The van der Waals surface area contributed by atoms with E-state index in [1.165, 1.54) is 18.2 Å². The highest BCUT2D eigenvalue weighted by Gasteiger charge is 2.11. The van der Waals surface area contributed by atoms with Crippen LogP contribution in [0.25, 0.3) is 11.3 Å². The molecule has 0 bridgehead atoms. The summed E-state index contributed by atoms with van der Waals surface area (Å²) in [5, 5.41) is 7.78. The smallest absolute Gasteiger partial charge is 0.346 e. The van der Waals surface area contributed by atoms with Crippen molar-refractivity contribution in [2.45, 2.75) is 11.3 Å². The SMILES string of the molecule is NS(=O)(=O)c1ccc(CCNC(=O)c2cc(-c3ccccc3)nc(=O)[nH]2)cc1. The maximum atomic E-state index is 12.4. The van der Waals surface area contributed by atoms with Gasteiger partial charge in [-0.15, -0.1) is 0 Å². The molecule has 144 valence electrons. The van der Waals surface area contributed by atoms with Crippen LogP contribution in [0.2, 0.25) is 0 Å². The number of rotatable bonds is 6. The second-order valence-electron chi connectivity index (χ2n) is 6.05. The minimum Gasteiger partial charge on any atom is -0.350 e. The molecule has 0 atom stereocenters. The van der Waals surface area contributed by atoms with Crippen LogP contribution >= 0.6 is 0 Å². The number of nitrogens with zero attached hydrogens (tertiary/aromatic N) is 1. The molecule has 2 aromatic carbocycles. The van der Waals surface area contributed by atoms with Crippen LogP contribution in [0, 0.1) is 0 Å². The number of H-pyrrole nitrogens is 1. The van der Waals surface area contributed by atoms with Crippen molar-refractivity contribution in [1.29, 1.82) is 0 Å². The van der Waals surface area contributed by atoms with Crippen molar-refractivity contribution in [2.24, 2.45) is 5.14 Å². The van der Waals surface area contributed by atoms with Gasteiger partial charge in [-0.25, -0.2) is 18.4 Å². The molecule has 0 aliphatic rings. The van der Waals surface area contributed by atoms with Crippen LogP contribution in [0.15, 0.2) is 70.4 Å². The van der Waals surface area contributed by atoms with E-state index in [4.69, 9.17) is 5.14 Å². The van der Waals surface area contributed by atoms with Crippen molar-refractivity contribution < 1.29 is 13.2 Å². The maximum absolute atomic E-state index is 12.4. The standard InChI is InChI=1S/C19H18N4O4S/c20-28(26,27)15-8-6-13(7-9-15)10-11-21-18(24)17-12-16(22-19(25)23-17)14-4-2-1-3-5-14/h1-9,12H,10-11H2,(H,21,24)(H2,20,26,27)(H,22,23,25). The van der Waals surface area contributed by atoms with Crippen LogP contribution in [0.4, 0.5) is 0 Å². The highest BCUT2D eigenvalue weighted by Crippen LogP contribution is 2.15. The van der Waals surface area contributed by atoms with Gasteiger partial charge in [-0.2, -0.15) is 4.98 Å². The molecular weight excluding hydrogens is 380 g/mol. The number of sulfonamides is 1. The molecule has 0 saturated heterocycles. The van der Waals surface area contributed by atoms with Gasteiger partial charge in [0.2, 0.25) is 10.0 Å². The van der Waals surface area contributed by atoms with Gasteiger partial charge in [0.1, 0.15) is 5.69 Å². The lowest BCUT2D eigenvalue weighted by Crippen LogP contribution is -2.29. The van der Waals surface area contributed by atoms with Crippen molar-refractivity contribution in [3.05, 3.63) is 82.4 Å². The van der Waals surface area contributed by atoms with Gasteiger partial charge in [0, 0.05) is 12.1 Å². The van der Waals surface area contributed by atoms with Gasteiger partial charge in [0.25, 0.3) is 5.91 Å². The molecule has 1 aromatic heterocycles. The molecule has 1 amide bonds. The first-order valence-electron chi connectivity index (χ1n) is 8.40. The van der Waals surface area contributed by atoms with Crippen molar-refractivity contribution in [3.63, 3.8) is 0 Å². The van der Waals surface area contributed by atoms with Crippen LogP contribution in [0.5, 0.6) is 0 Å². The number of nitrogens with one attached hydrogen (secondary N) is 2. The zero-order valence-electron chi connectivity index (χ0n) is 14.8. The number of carbonyl (C=O) groups is 1. The Morgan fingerprint density at radius 3 is 2.39 bits per heavy atom. The Kier molecular flexibility index (Phi) is 5.67. The number of aromatic amines is 1. The fourth-order valence-corrected chi connectivity index (χ4v) is 3.11. The molecule has 1 heterocycles. The van der Waals surface area contributed by atoms with Crippen LogP contribution in [0.1, 0.15) is 16.1 Å². The third-order valence-corrected chi connectivity index (χ3v) is 4.94. The third kappa shape index (κ3) is 4.90. The van der Waals surface area contributed by atoms with Crippen molar-refractivity contribution in [3.8, 4) is 11.3 Å². The Labute approximate surface area is 161 Å². The van der Waals surface area contributed by atoms with E-state index in [1.807, 2.05) is 18.2 Å². The number of hydrogen-bond acceptors (Lipinski definition) is 5. The van der Waals surface area contributed by atoms with E-state index in [-0.39, 0.29) is 10.6 Å². The number of benzene rings is 2. The Hall–Kier alpha value is -3.30. The summed E-state index contributed by atoms with van der Waals surface area (Å²) in [7, 11) is -3.73.